The van der Waals surface area contributed by atoms with Crippen LogP contribution in [0.5, 0.6) is 0 Å². The molecule has 0 aliphatic carbocycles. The van der Waals surface area contributed by atoms with Crippen molar-refractivity contribution in [1.29, 1.82) is 0 Å². The first kappa shape index (κ1) is 16.6. The third kappa shape index (κ3) is 48.1. The van der Waals surface area contributed by atoms with Gasteiger partial charge in [-0.15, -0.1) is 0 Å². The van der Waals surface area contributed by atoms with Gasteiger partial charge in [0.05, 0.1) is 0 Å². The largest absolute Gasteiger partial charge is 1.00 e. The second-order valence-corrected chi connectivity index (χ2v) is 1.54. The average molecular weight is 295 g/mol. The predicted molar refractivity (Wildman–Crippen MR) is 15.4 cm³/mol. The molecule has 42 valence electrons. The van der Waals surface area contributed by atoms with E-state index in [0.717, 1.165) is 0 Å². The summed E-state index contributed by atoms with van der Waals surface area (Å²) in [6.07, 6.45) is 0. The van der Waals surface area contributed by atoms with Gasteiger partial charge in [0, 0.05) is 39.9 Å². The van der Waals surface area contributed by atoms with Crippen LogP contribution in [0.4, 0.5) is 0 Å². The zero-order valence-corrected chi connectivity index (χ0v) is 9.84. The molecule has 7 heavy (non-hydrogen) atoms. The van der Waals surface area contributed by atoms with Gasteiger partial charge in [0.25, 0.3) is 0 Å². The van der Waals surface area contributed by atoms with Crippen LogP contribution in [0.3, 0.4) is 0 Å². The first-order valence-corrected chi connectivity index (χ1v) is 2.35. The van der Waals surface area contributed by atoms with Gasteiger partial charge in [0.1, 0.15) is 0 Å². The van der Waals surface area contributed by atoms with Crippen LogP contribution in [0.25, 0.3) is 0 Å². The molecule has 0 radical (unpaired) electrons. The molecular formula is H4GdKO4P. The Balaban J connectivity index is -0.0000000267. The Kier molecular flexibility index (Phi) is 17.0. The third-order valence-corrected chi connectivity index (χ3v) is 0. The van der Waals surface area contributed by atoms with E-state index in [2.05, 4.69) is 0 Å². The van der Waals surface area contributed by atoms with Gasteiger partial charge in [-0.2, -0.15) is 0 Å². The van der Waals surface area contributed by atoms with Crippen LogP contribution in [0.1, 0.15) is 1.43 Å². The third-order valence-electron chi connectivity index (χ3n) is 0. The van der Waals surface area contributed by atoms with Crippen LogP contribution in [0, 0.1) is 39.9 Å². The van der Waals surface area contributed by atoms with Crippen LogP contribution >= 0.6 is 7.82 Å². The van der Waals surface area contributed by atoms with Crippen LogP contribution < -0.4 is 51.4 Å². The molecule has 0 aromatic heterocycles. The molecule has 0 atom stereocenters. The van der Waals surface area contributed by atoms with Gasteiger partial charge in [-0.1, -0.05) is 0 Å². The molecule has 0 heterocycles. The van der Waals surface area contributed by atoms with Crippen molar-refractivity contribution in [3.05, 3.63) is 0 Å². The standard InChI is InChI=1S/Gd.K.H3O4P.H/c;;1-5(2,3)4;/h;;(H3,1,2,3,4);/q;+1;;-1. The van der Waals surface area contributed by atoms with Crippen molar-refractivity contribution in [2.75, 3.05) is 0 Å². The fourth-order valence-electron chi connectivity index (χ4n) is 0. The van der Waals surface area contributed by atoms with Crippen LogP contribution in [-0.2, 0) is 4.57 Å². The monoisotopic (exact) mass is 296 g/mol. The SMILES string of the molecule is O=P(O)(O)O.[Gd].[H-].[K+]. The number of rotatable bonds is 0. The zero-order valence-electron chi connectivity index (χ0n) is 4.55. The summed E-state index contributed by atoms with van der Waals surface area (Å²) < 4.78 is 8.88. The summed E-state index contributed by atoms with van der Waals surface area (Å²) in [5.41, 5.74) is 0. The topological polar surface area (TPSA) is 77.8 Å². The minimum atomic E-state index is -4.64. The average Bonchev–Trinajstić information content (AvgIpc) is 0.722. The van der Waals surface area contributed by atoms with Gasteiger partial charge < -0.3 is 16.1 Å². The van der Waals surface area contributed by atoms with Gasteiger partial charge >= 0.3 is 59.2 Å². The van der Waals surface area contributed by atoms with Crippen molar-refractivity contribution < 1.29 is 112 Å². The van der Waals surface area contributed by atoms with E-state index >= 15 is 0 Å². The minimum absolute atomic E-state index is 0. The Labute approximate surface area is 117 Å². The van der Waals surface area contributed by atoms with Crippen LogP contribution in [0.15, 0.2) is 0 Å². The zero-order chi connectivity index (χ0) is 4.50. The van der Waals surface area contributed by atoms with Gasteiger partial charge in [0.2, 0.25) is 0 Å². The van der Waals surface area contributed by atoms with Crippen molar-refractivity contribution >= 4 is 7.82 Å². The molecule has 0 aromatic carbocycles. The van der Waals surface area contributed by atoms with E-state index in [1.807, 2.05) is 0 Å². The summed E-state index contributed by atoms with van der Waals surface area (Å²) in [6.45, 7) is 0. The van der Waals surface area contributed by atoms with Crippen LogP contribution in [-0.4, -0.2) is 14.7 Å². The summed E-state index contributed by atoms with van der Waals surface area (Å²) in [6, 6.07) is 0. The smallest absolute Gasteiger partial charge is 1.00 e. The molecule has 0 aromatic rings. The minimum Gasteiger partial charge on any atom is -1.00 e. The molecule has 0 amide bonds. The molecule has 0 aliphatic heterocycles. The van der Waals surface area contributed by atoms with E-state index < -0.39 is 7.82 Å². The molecule has 0 bridgehead atoms. The van der Waals surface area contributed by atoms with E-state index in [4.69, 9.17) is 19.2 Å². The maximum absolute atomic E-state index is 8.88. The molecule has 0 rings (SSSR count). The molecule has 4 nitrogen and oxygen atoms in total. The second-order valence-electron chi connectivity index (χ2n) is 0.513. The normalized spacial score (nSPS) is 8.43. The maximum atomic E-state index is 8.88. The fourth-order valence-corrected chi connectivity index (χ4v) is 0. The number of hydrogen-bond acceptors (Lipinski definition) is 1. The number of phosphoric acid groups is 1. The Morgan fingerprint density at radius 1 is 1.29 bits per heavy atom. The van der Waals surface area contributed by atoms with E-state index in [9.17, 15) is 0 Å². The van der Waals surface area contributed by atoms with Crippen LogP contribution in [0.2, 0.25) is 0 Å². The van der Waals surface area contributed by atoms with E-state index in [1.165, 1.54) is 0 Å². The summed E-state index contributed by atoms with van der Waals surface area (Å²) in [5, 5.41) is 0. The Morgan fingerprint density at radius 3 is 1.29 bits per heavy atom. The summed E-state index contributed by atoms with van der Waals surface area (Å²) >= 11 is 0. The molecule has 0 unspecified atom stereocenters. The summed E-state index contributed by atoms with van der Waals surface area (Å²) in [4.78, 5) is 21.6. The number of hydrogen-bond donors (Lipinski definition) is 3. The van der Waals surface area contributed by atoms with Gasteiger partial charge in [-0.05, 0) is 0 Å². The van der Waals surface area contributed by atoms with Crippen molar-refractivity contribution in [3.8, 4) is 0 Å². The Morgan fingerprint density at radius 2 is 1.29 bits per heavy atom. The van der Waals surface area contributed by atoms with Gasteiger partial charge in [-0.25, -0.2) is 4.57 Å². The van der Waals surface area contributed by atoms with Crippen molar-refractivity contribution in [3.63, 3.8) is 0 Å². The van der Waals surface area contributed by atoms with E-state index in [-0.39, 0.29) is 92.8 Å². The first-order chi connectivity index (χ1) is 2.00. The summed E-state index contributed by atoms with van der Waals surface area (Å²) in [5.74, 6) is 0. The first-order valence-electron chi connectivity index (χ1n) is 0.783. The molecule has 0 aliphatic rings. The Hall–Kier alpha value is 3.07. The quantitative estimate of drug-likeness (QED) is 0.316. The van der Waals surface area contributed by atoms with Gasteiger partial charge in [0.15, 0.2) is 0 Å². The van der Waals surface area contributed by atoms with E-state index in [0.29, 0.717) is 0 Å². The van der Waals surface area contributed by atoms with Crippen molar-refractivity contribution in [2.45, 2.75) is 0 Å². The van der Waals surface area contributed by atoms with Gasteiger partial charge in [-0.3, -0.25) is 0 Å². The fraction of sp³-hybridized carbons (Fsp3) is 0. The van der Waals surface area contributed by atoms with Crippen molar-refractivity contribution in [2.24, 2.45) is 0 Å². The molecule has 3 N–H and O–H groups in total. The van der Waals surface area contributed by atoms with E-state index in [1.54, 1.807) is 0 Å². The molecule has 7 heteroatoms. The van der Waals surface area contributed by atoms with Crippen molar-refractivity contribution in [1.82, 2.24) is 0 Å². The predicted octanol–water partition coefficient (Wildman–Crippen LogP) is -3.81. The maximum Gasteiger partial charge on any atom is 1.00 e. The second kappa shape index (κ2) is 7.18. The Bertz CT molecular complexity index is 62.2. The molecule has 0 fully saturated rings. The molecule has 0 saturated carbocycles. The molecular weight excluding hydrogens is 291 g/mol. The molecule has 0 saturated heterocycles. The summed E-state index contributed by atoms with van der Waals surface area (Å²) in [7, 11) is -4.64. The molecule has 0 spiro atoms.